The summed E-state index contributed by atoms with van der Waals surface area (Å²) in [6.07, 6.45) is 1.71. The average molecular weight is 224 g/mol. The normalized spacial score (nSPS) is 10.9. The molecule has 4 nitrogen and oxygen atoms in total. The van der Waals surface area contributed by atoms with Gasteiger partial charge in [0.05, 0.1) is 5.69 Å². The number of aromatic nitrogens is 3. The molecule has 1 aromatic carbocycles. The van der Waals surface area contributed by atoms with Crippen LogP contribution in [0.25, 0.3) is 16.8 Å². The number of nitrogens with zero attached hydrogens (tertiary/aromatic N) is 3. The fourth-order valence-corrected chi connectivity index (χ4v) is 2.01. The number of anilines is 1. The highest BCUT2D eigenvalue weighted by Gasteiger charge is 2.13. The Morgan fingerprint density at radius 3 is 2.65 bits per heavy atom. The maximum absolute atomic E-state index is 5.88. The number of nitrogens with two attached hydrogens (primary N) is 1. The second-order valence-electron chi connectivity index (χ2n) is 3.93. The van der Waals surface area contributed by atoms with Crippen LogP contribution < -0.4 is 5.73 Å². The van der Waals surface area contributed by atoms with E-state index in [0.717, 1.165) is 22.5 Å². The second kappa shape index (κ2) is 3.59. The summed E-state index contributed by atoms with van der Waals surface area (Å²) in [6.45, 7) is 1.97. The van der Waals surface area contributed by atoms with E-state index in [9.17, 15) is 0 Å². The summed E-state index contributed by atoms with van der Waals surface area (Å²) in [5, 5.41) is 4.42. The molecule has 17 heavy (non-hydrogen) atoms. The maximum Gasteiger partial charge on any atom is 0.165 e. The third kappa shape index (κ3) is 1.45. The van der Waals surface area contributed by atoms with Gasteiger partial charge in [-0.2, -0.15) is 9.61 Å². The van der Waals surface area contributed by atoms with E-state index in [-0.39, 0.29) is 0 Å². The van der Waals surface area contributed by atoms with Crippen molar-refractivity contribution in [2.45, 2.75) is 6.92 Å². The molecule has 0 aliphatic rings. The highest BCUT2D eigenvalue weighted by atomic mass is 15.3. The first-order chi connectivity index (χ1) is 8.27. The lowest BCUT2D eigenvalue weighted by Gasteiger charge is -2.00. The van der Waals surface area contributed by atoms with E-state index in [1.165, 1.54) is 0 Å². The topological polar surface area (TPSA) is 56.2 Å². The third-order valence-electron chi connectivity index (χ3n) is 2.79. The molecule has 0 radical (unpaired) electrons. The first-order valence-electron chi connectivity index (χ1n) is 5.42. The molecule has 2 heterocycles. The summed E-state index contributed by atoms with van der Waals surface area (Å²) in [5.41, 5.74) is 9.76. The van der Waals surface area contributed by atoms with E-state index in [0.29, 0.717) is 5.82 Å². The van der Waals surface area contributed by atoms with Crippen molar-refractivity contribution in [1.29, 1.82) is 0 Å². The van der Waals surface area contributed by atoms with E-state index in [2.05, 4.69) is 22.2 Å². The maximum atomic E-state index is 5.88. The van der Waals surface area contributed by atoms with Crippen molar-refractivity contribution >= 4 is 11.5 Å². The van der Waals surface area contributed by atoms with Gasteiger partial charge in [0, 0.05) is 11.8 Å². The highest BCUT2D eigenvalue weighted by Crippen LogP contribution is 2.27. The number of benzene rings is 1. The lowest BCUT2D eigenvalue weighted by atomic mass is 10.1. The Balaban J connectivity index is 2.37. The zero-order valence-corrected chi connectivity index (χ0v) is 9.46. The van der Waals surface area contributed by atoms with Crippen molar-refractivity contribution in [2.75, 3.05) is 5.73 Å². The minimum Gasteiger partial charge on any atom is -0.384 e. The molecule has 0 unspecified atom stereocenters. The fraction of sp³-hybridized carbons (Fsp3) is 0.0769. The Bertz CT molecular complexity index is 670. The standard InChI is InChI=1S/C13H12N4/c1-9-12(10-5-3-2-4-6-10)13-15-8-7-11(14)17(13)16-9/h2-8H,14H2,1H3. The van der Waals surface area contributed by atoms with Gasteiger partial charge >= 0.3 is 0 Å². The van der Waals surface area contributed by atoms with E-state index in [1.54, 1.807) is 16.8 Å². The predicted octanol–water partition coefficient (Wildman–Crippen LogP) is 2.29. The van der Waals surface area contributed by atoms with Crippen LogP contribution in [0.15, 0.2) is 42.6 Å². The summed E-state index contributed by atoms with van der Waals surface area (Å²) in [7, 11) is 0. The van der Waals surface area contributed by atoms with Crippen LogP contribution in [0.3, 0.4) is 0 Å². The number of hydrogen-bond acceptors (Lipinski definition) is 3. The molecule has 2 N–H and O–H groups in total. The van der Waals surface area contributed by atoms with Crippen LogP contribution in [-0.4, -0.2) is 14.6 Å². The Morgan fingerprint density at radius 1 is 1.12 bits per heavy atom. The van der Waals surface area contributed by atoms with Crippen LogP contribution in [0.5, 0.6) is 0 Å². The van der Waals surface area contributed by atoms with Gasteiger partial charge in [0.15, 0.2) is 5.65 Å². The van der Waals surface area contributed by atoms with Crippen molar-refractivity contribution in [3.05, 3.63) is 48.3 Å². The summed E-state index contributed by atoms with van der Waals surface area (Å²) in [5.74, 6) is 0.597. The number of nitrogen functional groups attached to an aromatic ring is 1. The van der Waals surface area contributed by atoms with E-state index in [1.807, 2.05) is 25.1 Å². The van der Waals surface area contributed by atoms with Gasteiger partial charge in [0.1, 0.15) is 5.82 Å². The molecule has 0 atom stereocenters. The van der Waals surface area contributed by atoms with Crippen LogP contribution in [-0.2, 0) is 0 Å². The first kappa shape index (κ1) is 9.84. The lowest BCUT2D eigenvalue weighted by Crippen LogP contribution is -1.98. The van der Waals surface area contributed by atoms with Gasteiger partial charge in [-0.3, -0.25) is 0 Å². The average Bonchev–Trinajstić information content (AvgIpc) is 2.68. The second-order valence-corrected chi connectivity index (χ2v) is 3.93. The molecule has 0 spiro atoms. The molecule has 0 aliphatic heterocycles. The van der Waals surface area contributed by atoms with Crippen molar-refractivity contribution in [3.63, 3.8) is 0 Å². The highest BCUT2D eigenvalue weighted by molar-refractivity contribution is 5.80. The van der Waals surface area contributed by atoms with E-state index < -0.39 is 0 Å². The summed E-state index contributed by atoms with van der Waals surface area (Å²) >= 11 is 0. The van der Waals surface area contributed by atoms with Gasteiger partial charge in [-0.05, 0) is 18.6 Å². The quantitative estimate of drug-likeness (QED) is 0.690. The minimum absolute atomic E-state index is 0.597. The molecule has 0 saturated carbocycles. The zero-order valence-electron chi connectivity index (χ0n) is 9.46. The third-order valence-corrected chi connectivity index (χ3v) is 2.79. The molecule has 2 aromatic heterocycles. The number of fused-ring (bicyclic) bond motifs is 1. The predicted molar refractivity (Wildman–Crippen MR) is 67.6 cm³/mol. The van der Waals surface area contributed by atoms with Gasteiger partial charge in [-0.1, -0.05) is 30.3 Å². The van der Waals surface area contributed by atoms with Crippen LogP contribution in [0.4, 0.5) is 5.82 Å². The smallest absolute Gasteiger partial charge is 0.165 e. The molecule has 84 valence electrons. The van der Waals surface area contributed by atoms with Crippen molar-refractivity contribution in [2.24, 2.45) is 0 Å². The molecule has 0 saturated heterocycles. The van der Waals surface area contributed by atoms with Gasteiger partial charge < -0.3 is 5.73 Å². The number of aryl methyl sites for hydroxylation is 1. The molecule has 4 heteroatoms. The number of rotatable bonds is 1. The molecular weight excluding hydrogens is 212 g/mol. The number of hydrogen-bond donors (Lipinski definition) is 1. The monoisotopic (exact) mass is 224 g/mol. The molecule has 0 fully saturated rings. The van der Waals surface area contributed by atoms with Crippen molar-refractivity contribution in [3.8, 4) is 11.1 Å². The summed E-state index contributed by atoms with van der Waals surface area (Å²) < 4.78 is 1.68. The molecular formula is C13H12N4. The Kier molecular flexibility index (Phi) is 2.08. The largest absolute Gasteiger partial charge is 0.384 e. The summed E-state index contributed by atoms with van der Waals surface area (Å²) in [4.78, 5) is 4.36. The Labute approximate surface area is 98.7 Å². The van der Waals surface area contributed by atoms with E-state index in [4.69, 9.17) is 5.73 Å². The van der Waals surface area contributed by atoms with Gasteiger partial charge in [0.25, 0.3) is 0 Å². The lowest BCUT2D eigenvalue weighted by molar-refractivity contribution is 0.929. The summed E-state index contributed by atoms with van der Waals surface area (Å²) in [6, 6.07) is 11.8. The first-order valence-corrected chi connectivity index (χ1v) is 5.42. The Morgan fingerprint density at radius 2 is 1.88 bits per heavy atom. The van der Waals surface area contributed by atoms with Crippen LogP contribution >= 0.6 is 0 Å². The minimum atomic E-state index is 0.597. The fourth-order valence-electron chi connectivity index (χ4n) is 2.01. The van der Waals surface area contributed by atoms with Crippen molar-refractivity contribution < 1.29 is 0 Å². The molecule has 0 aliphatic carbocycles. The van der Waals surface area contributed by atoms with Gasteiger partial charge in [-0.15, -0.1) is 0 Å². The SMILES string of the molecule is Cc1nn2c(N)ccnc2c1-c1ccccc1. The van der Waals surface area contributed by atoms with Gasteiger partial charge in [-0.25, -0.2) is 4.98 Å². The molecule has 3 aromatic rings. The van der Waals surface area contributed by atoms with Crippen LogP contribution in [0.1, 0.15) is 5.69 Å². The Hall–Kier alpha value is -2.36. The van der Waals surface area contributed by atoms with Crippen LogP contribution in [0.2, 0.25) is 0 Å². The van der Waals surface area contributed by atoms with E-state index >= 15 is 0 Å². The van der Waals surface area contributed by atoms with Crippen molar-refractivity contribution in [1.82, 2.24) is 14.6 Å². The molecule has 3 rings (SSSR count). The zero-order chi connectivity index (χ0) is 11.8. The van der Waals surface area contributed by atoms with Gasteiger partial charge in [0.2, 0.25) is 0 Å². The molecule has 0 amide bonds. The van der Waals surface area contributed by atoms with Crippen LogP contribution in [0, 0.1) is 6.92 Å². The molecule has 0 bridgehead atoms.